The van der Waals surface area contributed by atoms with Crippen molar-refractivity contribution in [1.29, 1.82) is 0 Å². The van der Waals surface area contributed by atoms with Crippen molar-refractivity contribution in [2.24, 2.45) is 7.05 Å². The predicted molar refractivity (Wildman–Crippen MR) is 154 cm³/mol. The number of nitrogens with zero attached hydrogens (tertiary/aromatic N) is 6. The molecule has 4 heterocycles. The maximum Gasteiger partial charge on any atom is 0.322 e. The number of ether oxygens (including phenoxy) is 1. The van der Waals surface area contributed by atoms with Crippen LogP contribution in [0.15, 0.2) is 47.0 Å². The molecule has 3 aliphatic rings. The number of halogens is 2. The summed E-state index contributed by atoms with van der Waals surface area (Å²) in [4.78, 5) is 16.8. The van der Waals surface area contributed by atoms with E-state index in [1.807, 2.05) is 35.2 Å². The fourth-order valence-electron chi connectivity index (χ4n) is 6.17. The number of tetrazole rings is 1. The summed E-state index contributed by atoms with van der Waals surface area (Å²) < 4.78 is 12.3. The molecule has 2 saturated heterocycles. The Bertz CT molecular complexity index is 1570. The van der Waals surface area contributed by atoms with Crippen LogP contribution in [-0.2, 0) is 18.4 Å². The standard InChI is InChI=1S/C29H29Cl2N7O3/c1-37-34-28(33-36-37)17-4-2-5-18(12-17)32-29(39)38-19-10-11-20(38)14-21(13-19)40-15-22-26(35-41-27(22)16-8-9-16)25-23(30)6-3-7-24(25)31/h2-7,12,16,19-21H,8-11,13-15H2,1H3,(H,32,39). The Morgan fingerprint density at radius 1 is 1.07 bits per heavy atom. The lowest BCUT2D eigenvalue weighted by atomic mass is 9.99. The number of fused-ring (bicyclic) bond motifs is 2. The van der Waals surface area contributed by atoms with Gasteiger partial charge >= 0.3 is 6.03 Å². The quantitative estimate of drug-likeness (QED) is 0.261. The largest absolute Gasteiger partial charge is 0.373 e. The molecule has 212 valence electrons. The van der Waals surface area contributed by atoms with Crippen molar-refractivity contribution in [3.63, 3.8) is 0 Å². The van der Waals surface area contributed by atoms with Crippen molar-refractivity contribution in [3.8, 4) is 22.6 Å². The molecule has 0 radical (unpaired) electrons. The molecule has 1 N–H and O–H groups in total. The Balaban J connectivity index is 1.03. The molecule has 1 aliphatic carbocycles. The molecule has 4 aromatic rings. The fourth-order valence-corrected chi connectivity index (χ4v) is 6.74. The van der Waals surface area contributed by atoms with Crippen LogP contribution in [0.25, 0.3) is 22.6 Å². The molecule has 2 aliphatic heterocycles. The number of aromatic nitrogens is 5. The van der Waals surface area contributed by atoms with Crippen LogP contribution in [0.1, 0.15) is 55.8 Å². The summed E-state index contributed by atoms with van der Waals surface area (Å²) in [6, 6.07) is 13.1. The van der Waals surface area contributed by atoms with Crippen LogP contribution in [0, 0.1) is 0 Å². The summed E-state index contributed by atoms with van der Waals surface area (Å²) in [5, 5.41) is 20.7. The number of amides is 2. The minimum Gasteiger partial charge on any atom is -0.373 e. The van der Waals surface area contributed by atoms with Gasteiger partial charge in [0, 0.05) is 40.4 Å². The third-order valence-corrected chi connectivity index (χ3v) is 8.86. The number of carbonyl (C=O) groups excluding carboxylic acids is 1. The van der Waals surface area contributed by atoms with Crippen LogP contribution >= 0.6 is 23.2 Å². The Morgan fingerprint density at radius 3 is 2.49 bits per heavy atom. The molecule has 2 amide bonds. The first-order chi connectivity index (χ1) is 19.9. The normalized spacial score (nSPS) is 21.8. The van der Waals surface area contributed by atoms with Crippen molar-refractivity contribution >= 4 is 34.9 Å². The van der Waals surface area contributed by atoms with Gasteiger partial charge in [0.2, 0.25) is 5.82 Å². The molecule has 1 saturated carbocycles. The van der Waals surface area contributed by atoms with Crippen LogP contribution in [0.3, 0.4) is 0 Å². The average Bonchev–Trinajstić information content (AvgIpc) is 3.47. The molecule has 2 aromatic carbocycles. The van der Waals surface area contributed by atoms with Gasteiger partial charge in [0.1, 0.15) is 11.5 Å². The number of nitrogens with one attached hydrogen (secondary N) is 1. The lowest BCUT2D eigenvalue weighted by Crippen LogP contribution is -2.50. The van der Waals surface area contributed by atoms with Crippen LogP contribution < -0.4 is 5.32 Å². The lowest BCUT2D eigenvalue weighted by molar-refractivity contribution is -0.0158. The van der Waals surface area contributed by atoms with Gasteiger partial charge < -0.3 is 19.5 Å². The Kier molecular flexibility index (Phi) is 6.92. The van der Waals surface area contributed by atoms with Gasteiger partial charge in [-0.3, -0.25) is 0 Å². The number of rotatable bonds is 7. The number of urea groups is 1. The van der Waals surface area contributed by atoms with E-state index in [1.54, 1.807) is 19.2 Å². The number of aryl methyl sites for hydroxylation is 1. The molecule has 2 unspecified atom stereocenters. The Morgan fingerprint density at radius 2 is 1.80 bits per heavy atom. The fraction of sp³-hybridized carbons (Fsp3) is 0.414. The second-order valence-electron chi connectivity index (χ2n) is 11.1. The third-order valence-electron chi connectivity index (χ3n) is 8.23. The van der Waals surface area contributed by atoms with Crippen LogP contribution in [0.5, 0.6) is 0 Å². The summed E-state index contributed by atoms with van der Waals surface area (Å²) in [5.41, 5.74) is 3.75. The van der Waals surface area contributed by atoms with E-state index in [-0.39, 0.29) is 24.2 Å². The topological polar surface area (TPSA) is 111 Å². The Hall–Kier alpha value is -3.47. The number of carbonyl (C=O) groups is 1. The second kappa shape index (κ2) is 10.7. The molecule has 41 heavy (non-hydrogen) atoms. The molecule has 10 nitrogen and oxygen atoms in total. The monoisotopic (exact) mass is 593 g/mol. The number of piperidine rings is 1. The highest BCUT2D eigenvalue weighted by Gasteiger charge is 2.44. The summed E-state index contributed by atoms with van der Waals surface area (Å²) in [6.07, 6.45) is 5.66. The second-order valence-corrected chi connectivity index (χ2v) is 11.9. The van der Waals surface area contributed by atoms with Gasteiger partial charge in [0.25, 0.3) is 0 Å². The molecule has 12 heteroatoms. The van der Waals surface area contributed by atoms with Crippen LogP contribution in [-0.4, -0.2) is 54.5 Å². The molecule has 2 bridgehead atoms. The molecule has 0 spiro atoms. The van der Waals surface area contributed by atoms with Crippen LogP contribution in [0.4, 0.5) is 10.5 Å². The van der Waals surface area contributed by atoms with Gasteiger partial charge in [-0.05, 0) is 68.0 Å². The van der Waals surface area contributed by atoms with Gasteiger partial charge in [-0.15, -0.1) is 10.2 Å². The molecular weight excluding hydrogens is 565 g/mol. The number of benzene rings is 2. The van der Waals surface area contributed by atoms with Gasteiger partial charge in [0.15, 0.2) is 0 Å². The van der Waals surface area contributed by atoms with E-state index < -0.39 is 0 Å². The summed E-state index contributed by atoms with van der Waals surface area (Å²) in [5.74, 6) is 1.75. The zero-order chi connectivity index (χ0) is 28.1. The van der Waals surface area contributed by atoms with Gasteiger partial charge in [-0.1, -0.05) is 46.6 Å². The first kappa shape index (κ1) is 26.4. The van der Waals surface area contributed by atoms with E-state index in [2.05, 4.69) is 25.9 Å². The van der Waals surface area contributed by atoms with Crippen molar-refractivity contribution in [1.82, 2.24) is 30.3 Å². The van der Waals surface area contributed by atoms with Gasteiger partial charge in [0.05, 0.1) is 29.8 Å². The van der Waals surface area contributed by atoms with Crippen molar-refractivity contribution in [2.45, 2.75) is 69.2 Å². The van der Waals surface area contributed by atoms with E-state index in [9.17, 15) is 4.79 Å². The molecule has 2 aromatic heterocycles. The van der Waals surface area contributed by atoms with Gasteiger partial charge in [-0.2, -0.15) is 4.80 Å². The van der Waals surface area contributed by atoms with E-state index in [0.29, 0.717) is 45.3 Å². The third kappa shape index (κ3) is 5.20. The smallest absolute Gasteiger partial charge is 0.322 e. The zero-order valence-corrected chi connectivity index (χ0v) is 24.0. The highest BCUT2D eigenvalue weighted by atomic mass is 35.5. The maximum absolute atomic E-state index is 13.4. The summed E-state index contributed by atoms with van der Waals surface area (Å²) >= 11 is 13.0. The molecule has 7 rings (SSSR count). The van der Waals surface area contributed by atoms with E-state index in [1.165, 1.54) is 4.80 Å². The van der Waals surface area contributed by atoms with Crippen molar-refractivity contribution in [3.05, 3.63) is 63.8 Å². The summed E-state index contributed by atoms with van der Waals surface area (Å²) in [6.45, 7) is 0.367. The molecule has 3 fully saturated rings. The lowest BCUT2D eigenvalue weighted by Gasteiger charge is -2.38. The number of anilines is 1. The Labute approximate surface area is 246 Å². The highest BCUT2D eigenvalue weighted by molar-refractivity contribution is 6.39. The van der Waals surface area contributed by atoms with Crippen molar-refractivity contribution < 1.29 is 14.1 Å². The SMILES string of the molecule is Cn1nnc(-c2cccc(NC(=O)N3C4CCC3CC(OCc3c(-c5c(Cl)cccc5Cl)noc3C3CC3)C4)c2)n1. The minimum absolute atomic E-state index is 0.0270. The molecular formula is C29H29Cl2N7O3. The average molecular weight is 595 g/mol. The van der Waals surface area contributed by atoms with E-state index in [0.717, 1.165) is 55.4 Å². The van der Waals surface area contributed by atoms with Crippen molar-refractivity contribution in [2.75, 3.05) is 5.32 Å². The van der Waals surface area contributed by atoms with Gasteiger partial charge in [-0.25, -0.2) is 4.79 Å². The minimum atomic E-state index is -0.0918. The van der Waals surface area contributed by atoms with E-state index >= 15 is 0 Å². The zero-order valence-electron chi connectivity index (χ0n) is 22.5. The first-order valence-electron chi connectivity index (χ1n) is 13.9. The maximum atomic E-state index is 13.4. The number of hydrogen-bond donors (Lipinski definition) is 1. The predicted octanol–water partition coefficient (Wildman–Crippen LogP) is 6.46. The summed E-state index contributed by atoms with van der Waals surface area (Å²) in [7, 11) is 1.72. The van der Waals surface area contributed by atoms with Crippen LogP contribution in [0.2, 0.25) is 10.0 Å². The van der Waals surface area contributed by atoms with E-state index in [4.69, 9.17) is 32.5 Å². The highest BCUT2D eigenvalue weighted by Crippen LogP contribution is 2.46. The number of hydrogen-bond acceptors (Lipinski definition) is 7. The first-order valence-corrected chi connectivity index (χ1v) is 14.7. The molecule has 2 atom stereocenters.